The molecule has 0 unspecified atom stereocenters. The van der Waals surface area contributed by atoms with Crippen LogP contribution >= 0.6 is 0 Å². The average Bonchev–Trinajstić information content (AvgIpc) is 1.91. The van der Waals surface area contributed by atoms with E-state index in [1.54, 1.807) is 0 Å². The van der Waals surface area contributed by atoms with Gasteiger partial charge in [-0.3, -0.25) is 0 Å². The second-order valence-electron chi connectivity index (χ2n) is 1.69. The minimum Gasteiger partial charge on any atom is -0.302 e. The maximum absolute atomic E-state index is 3.34. The van der Waals surface area contributed by atoms with Gasteiger partial charge in [-0.25, -0.2) is 0 Å². The van der Waals surface area contributed by atoms with E-state index in [9.17, 15) is 0 Å². The number of rotatable bonds is 4. The lowest BCUT2D eigenvalue weighted by molar-refractivity contribution is 0.587. The van der Waals surface area contributed by atoms with Crippen LogP contribution in [0.1, 0.15) is 0 Å². The Morgan fingerprint density at radius 1 is 1.44 bits per heavy atom. The molecular weight excluding hydrogens is 128 g/mol. The fourth-order valence-electron chi connectivity index (χ4n) is 0.541. The standard InChI is InChI=1S/C6H13N2Si/c1-7-6(8-2)4-3-5-9/h3-4,6-8H,5H2,1-2H3. The third-order valence-corrected chi connectivity index (χ3v) is 1.30. The first kappa shape index (κ1) is 8.88. The molecule has 3 heteroatoms. The highest BCUT2D eigenvalue weighted by molar-refractivity contribution is 6.09. The van der Waals surface area contributed by atoms with Crippen molar-refractivity contribution >= 4 is 10.2 Å². The van der Waals surface area contributed by atoms with E-state index < -0.39 is 0 Å². The molecule has 0 heterocycles. The van der Waals surface area contributed by atoms with Gasteiger partial charge in [0.05, 0.1) is 6.17 Å². The third-order valence-electron chi connectivity index (χ3n) is 1.07. The summed E-state index contributed by atoms with van der Waals surface area (Å²) in [6, 6.07) is 0.903. The molecule has 0 bridgehead atoms. The maximum atomic E-state index is 3.34. The normalized spacial score (nSPS) is 11.6. The smallest absolute Gasteiger partial charge is 0.0759 e. The Hall–Kier alpha value is -0.123. The Labute approximate surface area is 60.1 Å². The van der Waals surface area contributed by atoms with Crippen LogP contribution in [-0.2, 0) is 0 Å². The first-order valence-corrected chi connectivity index (χ1v) is 3.71. The van der Waals surface area contributed by atoms with Gasteiger partial charge in [-0.05, 0) is 20.1 Å². The van der Waals surface area contributed by atoms with E-state index in [0.29, 0.717) is 6.17 Å². The molecule has 0 aliphatic heterocycles. The van der Waals surface area contributed by atoms with Crippen molar-refractivity contribution < 1.29 is 0 Å². The van der Waals surface area contributed by atoms with Crippen LogP contribution in [0.3, 0.4) is 0 Å². The molecule has 0 rings (SSSR count). The Morgan fingerprint density at radius 2 is 2.00 bits per heavy atom. The Kier molecular flexibility index (Phi) is 5.92. The van der Waals surface area contributed by atoms with Gasteiger partial charge >= 0.3 is 0 Å². The van der Waals surface area contributed by atoms with Crippen molar-refractivity contribution in [3.05, 3.63) is 12.2 Å². The summed E-state index contributed by atoms with van der Waals surface area (Å²) in [6.45, 7) is 0. The summed E-state index contributed by atoms with van der Waals surface area (Å²) >= 11 is 0. The molecule has 0 saturated carbocycles. The van der Waals surface area contributed by atoms with Gasteiger partial charge < -0.3 is 10.6 Å². The van der Waals surface area contributed by atoms with Crippen LogP contribution in [0.4, 0.5) is 0 Å². The maximum Gasteiger partial charge on any atom is 0.0759 e. The fraction of sp³-hybridized carbons (Fsp3) is 0.667. The molecule has 3 radical (unpaired) electrons. The number of likely N-dealkylation sites (N-methyl/N-ethyl adjacent to an activating group) is 2. The van der Waals surface area contributed by atoms with Crippen LogP contribution in [0.25, 0.3) is 0 Å². The van der Waals surface area contributed by atoms with Crippen molar-refractivity contribution in [3.8, 4) is 0 Å². The van der Waals surface area contributed by atoms with Crippen molar-refractivity contribution in [1.29, 1.82) is 0 Å². The van der Waals surface area contributed by atoms with Gasteiger partial charge in [0.1, 0.15) is 0 Å². The Balaban J connectivity index is 3.41. The monoisotopic (exact) mass is 141 g/mol. The molecule has 0 atom stereocenters. The highest BCUT2D eigenvalue weighted by Gasteiger charge is 1.91. The summed E-state index contributed by atoms with van der Waals surface area (Å²) in [5.41, 5.74) is 0. The van der Waals surface area contributed by atoms with E-state index in [1.807, 2.05) is 14.1 Å². The highest BCUT2D eigenvalue weighted by atomic mass is 28.1. The quantitative estimate of drug-likeness (QED) is 0.324. The average molecular weight is 141 g/mol. The number of nitrogens with one attached hydrogen (secondary N) is 2. The summed E-state index contributed by atoms with van der Waals surface area (Å²) in [5, 5.41) is 6.13. The minimum absolute atomic E-state index is 0.293. The SMILES string of the molecule is CNC(C=CC[Si])NC. The summed E-state index contributed by atoms with van der Waals surface area (Å²) in [6.07, 6.45) is 4.41. The molecule has 0 amide bonds. The molecule has 0 fully saturated rings. The van der Waals surface area contributed by atoms with Gasteiger partial charge in [-0.1, -0.05) is 12.2 Å². The van der Waals surface area contributed by atoms with Crippen LogP contribution in [0.5, 0.6) is 0 Å². The predicted molar refractivity (Wildman–Crippen MR) is 41.6 cm³/mol. The van der Waals surface area contributed by atoms with Crippen LogP contribution in [0.15, 0.2) is 12.2 Å². The zero-order valence-corrected chi connectivity index (χ0v) is 6.94. The second-order valence-corrected chi connectivity index (χ2v) is 2.10. The summed E-state index contributed by atoms with van der Waals surface area (Å²) in [4.78, 5) is 0. The molecule has 51 valence electrons. The molecule has 0 aliphatic rings. The third kappa shape index (κ3) is 4.38. The van der Waals surface area contributed by atoms with E-state index >= 15 is 0 Å². The largest absolute Gasteiger partial charge is 0.302 e. The predicted octanol–water partition coefficient (Wildman–Crippen LogP) is -0.106. The Bertz CT molecular complexity index is 79.1. The number of allylic oxidation sites excluding steroid dienone is 1. The Morgan fingerprint density at radius 3 is 2.33 bits per heavy atom. The molecule has 0 saturated heterocycles. The molecule has 0 aromatic carbocycles. The zero-order chi connectivity index (χ0) is 7.11. The minimum atomic E-state index is 0.293. The van der Waals surface area contributed by atoms with Crippen molar-refractivity contribution in [3.63, 3.8) is 0 Å². The van der Waals surface area contributed by atoms with Gasteiger partial charge in [0, 0.05) is 10.2 Å². The van der Waals surface area contributed by atoms with Gasteiger partial charge in [0.25, 0.3) is 0 Å². The lowest BCUT2D eigenvalue weighted by atomic mass is 10.4. The fourth-order valence-corrected chi connectivity index (χ4v) is 0.677. The summed E-state index contributed by atoms with van der Waals surface area (Å²) in [7, 11) is 7.17. The van der Waals surface area contributed by atoms with Crippen LogP contribution in [-0.4, -0.2) is 30.5 Å². The molecule has 2 nitrogen and oxygen atoms in total. The number of hydrogen-bond acceptors (Lipinski definition) is 2. The van der Waals surface area contributed by atoms with E-state index in [0.717, 1.165) is 6.04 Å². The first-order chi connectivity index (χ1) is 4.35. The van der Waals surface area contributed by atoms with Gasteiger partial charge in [-0.15, -0.1) is 0 Å². The van der Waals surface area contributed by atoms with E-state index in [2.05, 4.69) is 33.0 Å². The van der Waals surface area contributed by atoms with Gasteiger partial charge in [-0.2, -0.15) is 0 Å². The van der Waals surface area contributed by atoms with E-state index in [4.69, 9.17) is 0 Å². The van der Waals surface area contributed by atoms with Crippen molar-refractivity contribution in [1.82, 2.24) is 10.6 Å². The topological polar surface area (TPSA) is 24.1 Å². The number of hydrogen-bond donors (Lipinski definition) is 2. The van der Waals surface area contributed by atoms with Crippen LogP contribution in [0, 0.1) is 0 Å². The molecule has 0 aromatic rings. The molecule has 0 aromatic heterocycles. The van der Waals surface area contributed by atoms with Gasteiger partial charge in [0.2, 0.25) is 0 Å². The molecule has 9 heavy (non-hydrogen) atoms. The van der Waals surface area contributed by atoms with E-state index in [-0.39, 0.29) is 0 Å². The molecule has 0 spiro atoms. The van der Waals surface area contributed by atoms with Crippen LogP contribution in [0.2, 0.25) is 6.04 Å². The van der Waals surface area contributed by atoms with Crippen molar-refractivity contribution in [2.75, 3.05) is 14.1 Å². The van der Waals surface area contributed by atoms with Gasteiger partial charge in [0.15, 0.2) is 0 Å². The highest BCUT2D eigenvalue weighted by Crippen LogP contribution is 1.81. The van der Waals surface area contributed by atoms with Crippen LogP contribution < -0.4 is 10.6 Å². The molecule has 2 N–H and O–H groups in total. The molecular formula is C6H13N2Si. The van der Waals surface area contributed by atoms with Crippen molar-refractivity contribution in [2.45, 2.75) is 12.2 Å². The second kappa shape index (κ2) is 6.00. The molecule has 0 aliphatic carbocycles. The first-order valence-electron chi connectivity index (χ1n) is 3.01. The van der Waals surface area contributed by atoms with Crippen molar-refractivity contribution in [2.24, 2.45) is 0 Å². The summed E-state index contributed by atoms with van der Waals surface area (Å²) < 4.78 is 0. The van der Waals surface area contributed by atoms with E-state index in [1.165, 1.54) is 0 Å². The lowest BCUT2D eigenvalue weighted by Crippen LogP contribution is -2.35. The zero-order valence-electron chi connectivity index (χ0n) is 5.94. The lowest BCUT2D eigenvalue weighted by Gasteiger charge is -2.08. The summed E-state index contributed by atoms with van der Waals surface area (Å²) in [5.74, 6) is 0.